The molecule has 318 valence electrons. The van der Waals surface area contributed by atoms with Gasteiger partial charge in [0.05, 0.1) is 36.7 Å². The molecule has 2 bridgehead atoms. The van der Waals surface area contributed by atoms with Crippen molar-refractivity contribution in [1.29, 1.82) is 0 Å². The van der Waals surface area contributed by atoms with Gasteiger partial charge in [-0.05, 0) is 68.7 Å². The molecule has 3 aromatic heterocycles. The zero-order chi connectivity index (χ0) is 40.9. The summed E-state index contributed by atoms with van der Waals surface area (Å²) >= 11 is 0. The number of hydrogen-bond donors (Lipinski definition) is 3. The highest BCUT2D eigenvalue weighted by molar-refractivity contribution is 6.08. The van der Waals surface area contributed by atoms with E-state index in [1.807, 2.05) is 18.2 Å². The van der Waals surface area contributed by atoms with Crippen molar-refractivity contribution in [3.63, 3.8) is 0 Å². The third-order valence-electron chi connectivity index (χ3n) is 13.4. The van der Waals surface area contributed by atoms with Gasteiger partial charge in [0.1, 0.15) is 17.4 Å². The van der Waals surface area contributed by atoms with Gasteiger partial charge in [0, 0.05) is 95.0 Å². The largest absolute Gasteiger partial charge is 0.374 e. The second kappa shape index (κ2) is 16.3. The number of amides is 3. The van der Waals surface area contributed by atoms with Gasteiger partial charge in [-0.25, -0.2) is 18.3 Å². The van der Waals surface area contributed by atoms with Crippen molar-refractivity contribution >= 4 is 46.2 Å². The zero-order valence-corrected chi connectivity index (χ0v) is 33.6. The second-order valence-electron chi connectivity index (χ2n) is 17.5. The van der Waals surface area contributed by atoms with Crippen molar-refractivity contribution in [3.05, 3.63) is 60.2 Å². The predicted octanol–water partition coefficient (Wildman–Crippen LogP) is 3.80. The maximum atomic E-state index is 14.3. The Kier molecular flexibility index (Phi) is 10.6. The summed E-state index contributed by atoms with van der Waals surface area (Å²) < 4.78 is 37.5. The summed E-state index contributed by atoms with van der Waals surface area (Å²) in [7, 11) is 0. The highest BCUT2D eigenvalue weighted by Gasteiger charge is 2.40. The average Bonchev–Trinajstić information content (AvgIpc) is 4.06. The highest BCUT2D eigenvalue weighted by atomic mass is 19.3. The summed E-state index contributed by atoms with van der Waals surface area (Å²) in [5.41, 5.74) is 2.20. The lowest BCUT2D eigenvalue weighted by molar-refractivity contribution is -0.133. The molecule has 6 fully saturated rings. The first kappa shape index (κ1) is 39.0. The number of carbonyl (C=O) groups excluding carboxylic acids is 3. The van der Waals surface area contributed by atoms with Crippen molar-refractivity contribution in [2.24, 2.45) is 11.8 Å². The van der Waals surface area contributed by atoms with Crippen molar-refractivity contribution in [1.82, 2.24) is 39.5 Å². The van der Waals surface area contributed by atoms with Crippen molar-refractivity contribution in [3.8, 4) is 0 Å². The van der Waals surface area contributed by atoms with Gasteiger partial charge in [0.15, 0.2) is 11.3 Å². The lowest BCUT2D eigenvalue weighted by Crippen LogP contribution is -2.55. The van der Waals surface area contributed by atoms with E-state index in [1.165, 1.54) is 10.7 Å². The molecular weight excluding hydrogens is 775 g/mol. The SMILES string of the molecule is O=C1CCC(Nc2cccc(N3CC(CN4CCN(CC5CCC(n6cc(NC(=O)c7cnn8ccc(N9C[C@H]%10C[C@@H]9CO%10)nc78)c(C(F)F)n6)CC5)CC4)C3)c2)C(=O)N1. The number of rotatable bonds is 12. The summed E-state index contributed by atoms with van der Waals surface area (Å²) in [5, 5.41) is 17.0. The number of carbonyl (C=O) groups is 3. The molecule has 1 aromatic carbocycles. The second-order valence-corrected chi connectivity index (χ2v) is 17.5. The third kappa shape index (κ3) is 8.03. The molecule has 1 aliphatic carbocycles. The molecule has 8 heterocycles. The smallest absolute Gasteiger partial charge is 0.284 e. The zero-order valence-electron chi connectivity index (χ0n) is 33.6. The molecular formula is C42H52F2N12O4. The Labute approximate surface area is 346 Å². The van der Waals surface area contributed by atoms with Crippen LogP contribution in [0.25, 0.3) is 5.65 Å². The van der Waals surface area contributed by atoms with Crippen LogP contribution in [0.15, 0.2) is 48.9 Å². The van der Waals surface area contributed by atoms with E-state index in [9.17, 15) is 23.2 Å². The normalized spacial score (nSPS) is 26.6. The molecule has 60 heavy (non-hydrogen) atoms. The van der Waals surface area contributed by atoms with Gasteiger partial charge in [-0.1, -0.05) is 6.07 Å². The van der Waals surface area contributed by atoms with Crippen molar-refractivity contribution in [2.45, 2.75) is 75.6 Å². The molecule has 3 amide bonds. The van der Waals surface area contributed by atoms with E-state index in [0.717, 1.165) is 108 Å². The third-order valence-corrected chi connectivity index (χ3v) is 13.4. The fourth-order valence-corrected chi connectivity index (χ4v) is 10.1. The van der Waals surface area contributed by atoms with Crippen LogP contribution in [-0.4, -0.2) is 136 Å². The first-order valence-electron chi connectivity index (χ1n) is 21.5. The number of anilines is 4. The Morgan fingerprint density at radius 2 is 1.73 bits per heavy atom. The van der Waals surface area contributed by atoms with Crippen LogP contribution in [0, 0.1) is 11.8 Å². The van der Waals surface area contributed by atoms with E-state index in [0.29, 0.717) is 36.9 Å². The minimum atomic E-state index is -2.84. The molecule has 18 heteroatoms. The molecule has 0 radical (unpaired) electrons. The maximum absolute atomic E-state index is 14.3. The molecule has 3 atom stereocenters. The quantitative estimate of drug-likeness (QED) is 0.178. The molecule has 3 N–H and O–H groups in total. The number of morpholine rings is 1. The van der Waals surface area contributed by atoms with E-state index in [2.05, 4.69) is 57.9 Å². The van der Waals surface area contributed by atoms with Gasteiger partial charge in [-0.15, -0.1) is 0 Å². The molecule has 0 spiro atoms. The van der Waals surface area contributed by atoms with Gasteiger partial charge in [0.25, 0.3) is 12.3 Å². The molecule has 4 aromatic rings. The molecule has 10 rings (SSSR count). The number of nitrogens with one attached hydrogen (secondary N) is 3. The van der Waals surface area contributed by atoms with Crippen LogP contribution >= 0.6 is 0 Å². The van der Waals surface area contributed by atoms with Crippen LogP contribution in [0.4, 0.5) is 31.7 Å². The number of hydrogen-bond acceptors (Lipinski definition) is 12. The van der Waals surface area contributed by atoms with Crippen molar-refractivity contribution < 1.29 is 27.9 Å². The van der Waals surface area contributed by atoms with E-state index in [-0.39, 0.29) is 41.3 Å². The Morgan fingerprint density at radius 3 is 2.45 bits per heavy atom. The number of piperidine rings is 1. The monoisotopic (exact) mass is 826 g/mol. The van der Waals surface area contributed by atoms with E-state index in [1.54, 1.807) is 17.1 Å². The standard InChI is InChI=1S/C42H52F2N12O4/c43-39(44)38-35(47-41(58)33-18-45-55-11-10-36(48-40(33)55)54-23-32-17-31(54)25-60-32)24-56(50-38)29-6-4-26(5-7-29)19-51-12-14-52(15-13-51)20-27-21-53(22-27)30-3-1-2-28(16-30)46-34-8-9-37(57)49-42(34)59/h1-3,10-11,16,18,24,26-27,29,31-32,34,39,46H,4-9,12-15,17,19-23,25H2,(H,47,58)(H,49,57,59)/t26?,29?,31-,32-,34?/m1/s1. The highest BCUT2D eigenvalue weighted by Crippen LogP contribution is 2.36. The molecule has 1 saturated carbocycles. The number of ether oxygens (including phenoxy) is 1. The fraction of sp³-hybridized carbons (Fsp3) is 0.571. The van der Waals surface area contributed by atoms with Gasteiger partial charge in [-0.3, -0.25) is 24.4 Å². The molecule has 6 aliphatic rings. The Bertz CT molecular complexity index is 2230. The van der Waals surface area contributed by atoms with Gasteiger partial charge >= 0.3 is 0 Å². The fourth-order valence-electron chi connectivity index (χ4n) is 10.1. The van der Waals surface area contributed by atoms with E-state index >= 15 is 0 Å². The van der Waals surface area contributed by atoms with Crippen LogP contribution in [-0.2, 0) is 14.3 Å². The predicted molar refractivity (Wildman–Crippen MR) is 219 cm³/mol. The first-order chi connectivity index (χ1) is 29.2. The summed E-state index contributed by atoms with van der Waals surface area (Å²) in [6.45, 7) is 9.74. The molecule has 5 aliphatic heterocycles. The maximum Gasteiger partial charge on any atom is 0.284 e. The number of benzene rings is 1. The lowest BCUT2D eigenvalue weighted by atomic mass is 9.85. The number of halogens is 2. The van der Waals surface area contributed by atoms with E-state index < -0.39 is 24.1 Å². The van der Waals surface area contributed by atoms with Crippen LogP contribution in [0.5, 0.6) is 0 Å². The molecule has 16 nitrogen and oxygen atoms in total. The Balaban J connectivity index is 0.671. The number of piperazine rings is 1. The molecule has 1 unspecified atom stereocenters. The number of imide groups is 1. The number of aromatic nitrogens is 5. The minimum Gasteiger partial charge on any atom is -0.374 e. The van der Waals surface area contributed by atoms with Crippen LogP contribution in [0.1, 0.15) is 73.5 Å². The minimum absolute atomic E-state index is 0.00616. The number of fused-ring (bicyclic) bond motifs is 3. The Hall–Kier alpha value is -5.20. The Morgan fingerprint density at radius 1 is 0.950 bits per heavy atom. The molecule has 5 saturated heterocycles. The van der Waals surface area contributed by atoms with Gasteiger partial charge < -0.3 is 35.0 Å². The summed E-state index contributed by atoms with van der Waals surface area (Å²) in [6, 6.07) is 9.89. The van der Waals surface area contributed by atoms with Crippen molar-refractivity contribution in [2.75, 3.05) is 85.9 Å². The summed E-state index contributed by atoms with van der Waals surface area (Å²) in [4.78, 5) is 51.7. The lowest BCUT2D eigenvalue weighted by Gasteiger charge is -2.45. The van der Waals surface area contributed by atoms with Gasteiger partial charge in [-0.2, -0.15) is 10.2 Å². The number of alkyl halides is 2. The topological polar surface area (TPSA) is 158 Å². The van der Waals surface area contributed by atoms with Crippen LogP contribution in [0.3, 0.4) is 0 Å². The van der Waals surface area contributed by atoms with E-state index in [4.69, 9.17) is 9.72 Å². The van der Waals surface area contributed by atoms with Crippen LogP contribution < -0.4 is 25.8 Å². The summed E-state index contributed by atoms with van der Waals surface area (Å²) in [6.07, 6.45) is 7.61. The van der Waals surface area contributed by atoms with Crippen LogP contribution in [0.2, 0.25) is 0 Å². The number of nitrogens with zero attached hydrogens (tertiary/aromatic N) is 9. The van der Waals surface area contributed by atoms with Gasteiger partial charge in [0.2, 0.25) is 11.8 Å². The summed E-state index contributed by atoms with van der Waals surface area (Å²) in [5.74, 6) is 0.878. The average molecular weight is 827 g/mol. The first-order valence-corrected chi connectivity index (χ1v) is 21.5.